The highest BCUT2D eigenvalue weighted by molar-refractivity contribution is 5.71. The van der Waals surface area contributed by atoms with Gasteiger partial charge < -0.3 is 4.74 Å². The van der Waals surface area contributed by atoms with Crippen LogP contribution in [0.2, 0.25) is 0 Å². The van der Waals surface area contributed by atoms with Gasteiger partial charge in [-0.05, 0) is 42.5 Å². The van der Waals surface area contributed by atoms with Gasteiger partial charge >= 0.3 is 0 Å². The van der Waals surface area contributed by atoms with Crippen LogP contribution in [0.15, 0.2) is 29.8 Å². The summed E-state index contributed by atoms with van der Waals surface area (Å²) in [6, 6.07) is 8.53. The van der Waals surface area contributed by atoms with E-state index in [9.17, 15) is 0 Å². The highest BCUT2D eigenvalue weighted by Gasteiger charge is 2.19. The summed E-state index contributed by atoms with van der Waals surface area (Å²) in [5, 5.41) is 4.43. The zero-order valence-corrected chi connectivity index (χ0v) is 12.3. The van der Waals surface area contributed by atoms with Crippen LogP contribution < -0.4 is 10.1 Å². The Bertz CT molecular complexity index is 472. The molecule has 20 heavy (non-hydrogen) atoms. The summed E-state index contributed by atoms with van der Waals surface area (Å²) < 4.78 is 5.25. The second-order valence-electron chi connectivity index (χ2n) is 5.61. The van der Waals surface area contributed by atoms with Crippen LogP contribution >= 0.6 is 0 Å². The summed E-state index contributed by atoms with van der Waals surface area (Å²) >= 11 is 0. The van der Waals surface area contributed by atoms with E-state index in [0.29, 0.717) is 0 Å². The van der Waals surface area contributed by atoms with Crippen molar-refractivity contribution in [2.45, 2.75) is 19.3 Å². The summed E-state index contributed by atoms with van der Waals surface area (Å²) in [5.74, 6) is 0.937. The predicted molar refractivity (Wildman–Crippen MR) is 82.1 cm³/mol. The summed E-state index contributed by atoms with van der Waals surface area (Å²) in [7, 11) is 1.72. The van der Waals surface area contributed by atoms with E-state index in [4.69, 9.17) is 4.74 Å². The second-order valence-corrected chi connectivity index (χ2v) is 5.61. The smallest absolute Gasteiger partial charge is 0.118 e. The summed E-state index contributed by atoms with van der Waals surface area (Å²) in [6.45, 7) is 5.39. The highest BCUT2D eigenvalue weighted by Crippen LogP contribution is 2.34. The molecule has 0 saturated carbocycles. The number of ether oxygens (including phenoxy) is 1. The van der Waals surface area contributed by atoms with Crippen LogP contribution in [-0.4, -0.2) is 44.7 Å². The normalized spacial score (nSPS) is 20.4. The van der Waals surface area contributed by atoms with Crippen LogP contribution in [0.4, 0.5) is 0 Å². The molecule has 1 aromatic rings. The van der Waals surface area contributed by atoms with Crippen LogP contribution in [0, 0.1) is 0 Å². The lowest BCUT2D eigenvalue weighted by molar-refractivity contribution is 0.256. The van der Waals surface area contributed by atoms with Crippen LogP contribution in [0.1, 0.15) is 24.8 Å². The fourth-order valence-electron chi connectivity index (χ4n) is 3.20. The molecule has 1 fully saturated rings. The van der Waals surface area contributed by atoms with E-state index in [0.717, 1.165) is 38.5 Å². The lowest BCUT2D eigenvalue weighted by atomic mass is 10.0. The molecule has 1 radical (unpaired) electrons. The van der Waals surface area contributed by atoms with Gasteiger partial charge in [0, 0.05) is 32.7 Å². The molecule has 107 valence electrons. The second kappa shape index (κ2) is 6.42. The minimum absolute atomic E-state index is 0.937. The minimum Gasteiger partial charge on any atom is -0.497 e. The van der Waals surface area contributed by atoms with Gasteiger partial charge in [0.05, 0.1) is 7.11 Å². The van der Waals surface area contributed by atoms with E-state index < -0.39 is 0 Å². The summed E-state index contributed by atoms with van der Waals surface area (Å²) in [4.78, 5) is 2.55. The Balaban J connectivity index is 1.75. The molecule has 0 unspecified atom stereocenters. The lowest BCUT2D eigenvalue weighted by Gasteiger charge is -2.27. The molecule has 1 aromatic carbocycles. The lowest BCUT2D eigenvalue weighted by Crippen LogP contribution is -2.41. The standard InChI is InChI=1S/C17H23N2O/c1-20-16-7-5-14(6-8-16)17-4-2-3-15(17)13-19-11-9-18-10-12-19/h5-8H,2-4,9-13H2,1H3. The van der Waals surface area contributed by atoms with Crippen molar-refractivity contribution in [2.24, 2.45) is 0 Å². The molecule has 0 aromatic heterocycles. The molecule has 3 heteroatoms. The first-order chi connectivity index (χ1) is 9.86. The van der Waals surface area contributed by atoms with Gasteiger partial charge in [-0.15, -0.1) is 0 Å². The third kappa shape index (κ3) is 3.05. The zero-order chi connectivity index (χ0) is 13.8. The first kappa shape index (κ1) is 13.7. The van der Waals surface area contributed by atoms with Crippen molar-refractivity contribution in [3.8, 4) is 5.75 Å². The number of piperazine rings is 1. The van der Waals surface area contributed by atoms with Crippen molar-refractivity contribution in [2.75, 3.05) is 39.8 Å². The Labute approximate surface area is 121 Å². The van der Waals surface area contributed by atoms with Crippen LogP contribution in [0.25, 0.3) is 5.57 Å². The number of methoxy groups -OCH3 is 1. The van der Waals surface area contributed by atoms with E-state index in [1.807, 2.05) is 0 Å². The molecule has 1 aliphatic heterocycles. The molecule has 0 N–H and O–H groups in total. The van der Waals surface area contributed by atoms with Gasteiger partial charge in [0.1, 0.15) is 5.75 Å². The number of allylic oxidation sites excluding steroid dienone is 1. The first-order valence-electron chi connectivity index (χ1n) is 7.58. The van der Waals surface area contributed by atoms with E-state index in [-0.39, 0.29) is 0 Å². The maximum absolute atomic E-state index is 5.25. The average Bonchev–Trinajstić information content (AvgIpc) is 2.96. The Morgan fingerprint density at radius 2 is 1.85 bits per heavy atom. The first-order valence-corrected chi connectivity index (χ1v) is 7.58. The average molecular weight is 271 g/mol. The summed E-state index contributed by atoms with van der Waals surface area (Å²) in [5.41, 5.74) is 4.58. The van der Waals surface area contributed by atoms with Crippen LogP contribution in [0.5, 0.6) is 5.75 Å². The molecule has 0 spiro atoms. The van der Waals surface area contributed by atoms with Crippen molar-refractivity contribution < 1.29 is 4.74 Å². The maximum Gasteiger partial charge on any atom is 0.118 e. The number of hydrogen-bond acceptors (Lipinski definition) is 2. The fourth-order valence-corrected chi connectivity index (χ4v) is 3.20. The van der Waals surface area contributed by atoms with Gasteiger partial charge in [-0.2, -0.15) is 0 Å². The Morgan fingerprint density at radius 3 is 2.55 bits per heavy atom. The van der Waals surface area contributed by atoms with Crippen molar-refractivity contribution in [3.63, 3.8) is 0 Å². The number of hydrogen-bond donors (Lipinski definition) is 0. The SMILES string of the molecule is COc1ccc(C2=C(CN3CC[N]CC3)CCC2)cc1. The van der Waals surface area contributed by atoms with E-state index in [2.05, 4.69) is 34.5 Å². The van der Waals surface area contributed by atoms with Gasteiger partial charge in [0.25, 0.3) is 0 Å². The zero-order valence-electron chi connectivity index (χ0n) is 12.3. The third-order valence-corrected chi connectivity index (χ3v) is 4.33. The van der Waals surface area contributed by atoms with Crippen LogP contribution in [0.3, 0.4) is 0 Å². The van der Waals surface area contributed by atoms with Crippen LogP contribution in [-0.2, 0) is 0 Å². The molecule has 0 amide bonds. The number of rotatable bonds is 4. The molecule has 3 nitrogen and oxygen atoms in total. The Kier molecular flexibility index (Phi) is 4.38. The van der Waals surface area contributed by atoms with Crippen molar-refractivity contribution >= 4 is 5.57 Å². The molecular weight excluding hydrogens is 248 g/mol. The molecule has 1 heterocycles. The van der Waals surface area contributed by atoms with Crippen molar-refractivity contribution in [3.05, 3.63) is 35.4 Å². The molecule has 0 bridgehead atoms. The molecular formula is C17H23N2O. The fraction of sp³-hybridized carbons (Fsp3) is 0.529. The minimum atomic E-state index is 0.937. The maximum atomic E-state index is 5.25. The monoisotopic (exact) mass is 271 g/mol. The van der Waals surface area contributed by atoms with Gasteiger partial charge in [-0.3, -0.25) is 4.90 Å². The van der Waals surface area contributed by atoms with Crippen molar-refractivity contribution in [1.29, 1.82) is 0 Å². The Hall–Kier alpha value is -1.32. The van der Waals surface area contributed by atoms with Gasteiger partial charge in [0.15, 0.2) is 0 Å². The highest BCUT2D eigenvalue weighted by atomic mass is 16.5. The van der Waals surface area contributed by atoms with Gasteiger partial charge in [-0.25, -0.2) is 5.32 Å². The molecule has 1 saturated heterocycles. The Morgan fingerprint density at radius 1 is 1.10 bits per heavy atom. The molecule has 2 aliphatic rings. The van der Waals surface area contributed by atoms with E-state index >= 15 is 0 Å². The van der Waals surface area contributed by atoms with E-state index in [1.54, 1.807) is 18.3 Å². The topological polar surface area (TPSA) is 26.6 Å². The largest absolute Gasteiger partial charge is 0.497 e. The molecule has 3 rings (SSSR count). The van der Waals surface area contributed by atoms with Gasteiger partial charge in [-0.1, -0.05) is 17.7 Å². The van der Waals surface area contributed by atoms with Crippen molar-refractivity contribution in [1.82, 2.24) is 10.2 Å². The summed E-state index contributed by atoms with van der Waals surface area (Å²) in [6.07, 6.45) is 3.78. The number of nitrogens with zero attached hydrogens (tertiary/aromatic N) is 2. The van der Waals surface area contributed by atoms with E-state index in [1.165, 1.54) is 24.8 Å². The third-order valence-electron chi connectivity index (χ3n) is 4.33. The van der Waals surface area contributed by atoms with Gasteiger partial charge in [0.2, 0.25) is 0 Å². The predicted octanol–water partition coefficient (Wildman–Crippen LogP) is 2.55. The molecule has 0 atom stereocenters. The number of benzene rings is 1. The quantitative estimate of drug-likeness (QED) is 0.841. The molecule has 1 aliphatic carbocycles.